The summed E-state index contributed by atoms with van der Waals surface area (Å²) in [7, 11) is 0. The van der Waals surface area contributed by atoms with Gasteiger partial charge in [0, 0.05) is 6.54 Å². The topological polar surface area (TPSA) is 23.5 Å². The minimum Gasteiger partial charge on any atom is -0.387 e. The molecule has 1 N–H and O–H groups in total. The molecule has 1 atom stereocenters. The Morgan fingerprint density at radius 1 is 0.806 bits per heavy atom. The van der Waals surface area contributed by atoms with Gasteiger partial charge in [-0.1, -0.05) is 89.1 Å². The Balaban J connectivity index is 1.72. The maximum atomic E-state index is 11.4. The zero-order valence-corrected chi connectivity index (χ0v) is 20.2. The molecule has 172 valence electrons. The first-order valence-electron chi connectivity index (χ1n) is 13.2. The van der Waals surface area contributed by atoms with Gasteiger partial charge in [-0.25, -0.2) is 0 Å². The second kappa shape index (κ2) is 13.2. The van der Waals surface area contributed by atoms with Crippen molar-refractivity contribution in [3.63, 3.8) is 0 Å². The van der Waals surface area contributed by atoms with Crippen molar-refractivity contribution in [1.29, 1.82) is 0 Å². The highest BCUT2D eigenvalue weighted by Crippen LogP contribution is 2.34. The number of benzene rings is 2. The summed E-state index contributed by atoms with van der Waals surface area (Å²) >= 11 is 0. The lowest BCUT2D eigenvalue weighted by molar-refractivity contribution is 0.111. The highest BCUT2D eigenvalue weighted by molar-refractivity contribution is 5.90. The first-order chi connectivity index (χ1) is 15.2. The summed E-state index contributed by atoms with van der Waals surface area (Å²) in [5, 5.41) is 14.0. The van der Waals surface area contributed by atoms with Gasteiger partial charge in [-0.2, -0.15) is 0 Å². The summed E-state index contributed by atoms with van der Waals surface area (Å²) in [5.74, 6) is 0. The third-order valence-electron chi connectivity index (χ3n) is 7.10. The summed E-state index contributed by atoms with van der Waals surface area (Å²) in [6.45, 7) is 7.56. The third-order valence-corrected chi connectivity index (χ3v) is 7.10. The van der Waals surface area contributed by atoms with Crippen LogP contribution in [0.1, 0.15) is 107 Å². The lowest BCUT2D eigenvalue weighted by Crippen LogP contribution is -2.31. The SMILES string of the molecule is CCCCCCCN(CCCCCC)CC(O)c1cc2c(c3ccccc13)CCCC2. The maximum Gasteiger partial charge on any atom is 0.0923 e. The molecule has 2 aromatic rings. The van der Waals surface area contributed by atoms with E-state index in [-0.39, 0.29) is 0 Å². The van der Waals surface area contributed by atoms with Gasteiger partial charge in [0.1, 0.15) is 0 Å². The molecule has 0 heterocycles. The number of nitrogens with zero attached hydrogens (tertiary/aromatic N) is 1. The van der Waals surface area contributed by atoms with Gasteiger partial charge < -0.3 is 10.0 Å². The molecule has 0 spiro atoms. The Hall–Kier alpha value is -1.38. The van der Waals surface area contributed by atoms with Gasteiger partial charge in [0.05, 0.1) is 6.10 Å². The number of aliphatic hydroxyl groups excluding tert-OH is 1. The molecule has 0 fully saturated rings. The number of fused-ring (bicyclic) bond motifs is 3. The van der Waals surface area contributed by atoms with E-state index in [0.717, 1.165) is 31.6 Å². The molecule has 31 heavy (non-hydrogen) atoms. The molecule has 3 rings (SSSR count). The first-order valence-corrected chi connectivity index (χ1v) is 13.2. The van der Waals surface area contributed by atoms with Crippen molar-refractivity contribution in [2.75, 3.05) is 19.6 Å². The van der Waals surface area contributed by atoms with Crippen LogP contribution in [0.3, 0.4) is 0 Å². The van der Waals surface area contributed by atoms with Crippen LogP contribution < -0.4 is 0 Å². The fourth-order valence-electron chi connectivity index (χ4n) is 5.27. The van der Waals surface area contributed by atoms with Crippen molar-refractivity contribution in [1.82, 2.24) is 4.90 Å². The van der Waals surface area contributed by atoms with E-state index >= 15 is 0 Å². The molecule has 2 aromatic carbocycles. The van der Waals surface area contributed by atoms with Crippen molar-refractivity contribution in [2.24, 2.45) is 0 Å². The zero-order chi connectivity index (χ0) is 21.9. The molecule has 1 aliphatic rings. The van der Waals surface area contributed by atoms with E-state index in [1.54, 1.807) is 0 Å². The highest BCUT2D eigenvalue weighted by atomic mass is 16.3. The van der Waals surface area contributed by atoms with E-state index in [1.165, 1.54) is 98.9 Å². The molecule has 0 amide bonds. The Labute approximate surface area is 191 Å². The second-order valence-corrected chi connectivity index (χ2v) is 9.65. The fraction of sp³-hybridized carbons (Fsp3) is 0.655. The summed E-state index contributed by atoms with van der Waals surface area (Å²) in [5.41, 5.74) is 4.17. The van der Waals surface area contributed by atoms with E-state index in [2.05, 4.69) is 49.1 Å². The van der Waals surface area contributed by atoms with E-state index in [9.17, 15) is 5.11 Å². The molecule has 1 unspecified atom stereocenters. The molecule has 2 nitrogen and oxygen atoms in total. The number of hydrogen-bond acceptors (Lipinski definition) is 2. The number of aryl methyl sites for hydroxylation is 2. The lowest BCUT2D eigenvalue weighted by Gasteiger charge is -2.27. The van der Waals surface area contributed by atoms with Crippen molar-refractivity contribution in [2.45, 2.75) is 103 Å². The Morgan fingerprint density at radius 3 is 2.13 bits per heavy atom. The standard InChI is InChI=1S/C29H45NO/c1-3-5-7-9-15-21-30(20-14-8-6-4-2)23-29(31)28-22-24-16-10-11-17-25(24)26-18-12-13-19-27(26)28/h12-13,18-19,22,29,31H,3-11,14-17,20-21,23H2,1-2H3. The Bertz CT molecular complexity index is 784. The molecule has 0 bridgehead atoms. The van der Waals surface area contributed by atoms with Gasteiger partial charge >= 0.3 is 0 Å². The van der Waals surface area contributed by atoms with E-state index in [4.69, 9.17) is 0 Å². The van der Waals surface area contributed by atoms with E-state index in [0.29, 0.717) is 0 Å². The van der Waals surface area contributed by atoms with E-state index in [1.807, 2.05) is 0 Å². The molecule has 0 saturated carbocycles. The zero-order valence-electron chi connectivity index (χ0n) is 20.2. The summed E-state index contributed by atoms with van der Waals surface area (Å²) in [6.07, 6.45) is 16.2. The molecule has 0 aromatic heterocycles. The third kappa shape index (κ3) is 7.05. The van der Waals surface area contributed by atoms with Gasteiger partial charge in [-0.15, -0.1) is 0 Å². The van der Waals surface area contributed by atoms with Crippen molar-refractivity contribution >= 4 is 10.8 Å². The molecule has 0 aliphatic heterocycles. The van der Waals surface area contributed by atoms with Crippen molar-refractivity contribution in [3.05, 3.63) is 47.0 Å². The summed E-state index contributed by atoms with van der Waals surface area (Å²) in [6, 6.07) is 11.1. The van der Waals surface area contributed by atoms with Gasteiger partial charge in [0.2, 0.25) is 0 Å². The van der Waals surface area contributed by atoms with Crippen LogP contribution in [0.5, 0.6) is 0 Å². The van der Waals surface area contributed by atoms with Crippen molar-refractivity contribution in [3.8, 4) is 0 Å². The average Bonchev–Trinajstić information content (AvgIpc) is 2.80. The van der Waals surface area contributed by atoms with Crippen LogP contribution in [-0.2, 0) is 12.8 Å². The largest absolute Gasteiger partial charge is 0.387 e. The minimum atomic E-state index is -0.404. The van der Waals surface area contributed by atoms with Crippen molar-refractivity contribution < 1.29 is 5.11 Å². The highest BCUT2D eigenvalue weighted by Gasteiger charge is 2.20. The first kappa shape index (κ1) is 24.3. The normalized spacial score (nSPS) is 14.8. The molecular weight excluding hydrogens is 378 g/mol. The smallest absolute Gasteiger partial charge is 0.0923 e. The lowest BCUT2D eigenvalue weighted by atomic mass is 9.84. The van der Waals surface area contributed by atoms with Gasteiger partial charge in [-0.3, -0.25) is 0 Å². The number of aliphatic hydroxyl groups is 1. The fourth-order valence-corrected chi connectivity index (χ4v) is 5.27. The van der Waals surface area contributed by atoms with Crippen LogP contribution in [0.25, 0.3) is 10.8 Å². The van der Waals surface area contributed by atoms with Gasteiger partial charge in [-0.05, 0) is 79.1 Å². The Kier molecular flexibility index (Phi) is 10.4. The van der Waals surface area contributed by atoms with Crippen LogP contribution in [0.15, 0.2) is 30.3 Å². The van der Waals surface area contributed by atoms with E-state index < -0.39 is 6.10 Å². The number of hydrogen-bond donors (Lipinski definition) is 1. The Morgan fingerprint density at radius 2 is 1.42 bits per heavy atom. The van der Waals surface area contributed by atoms with Crippen LogP contribution >= 0.6 is 0 Å². The quantitative estimate of drug-likeness (QED) is 0.316. The predicted molar refractivity (Wildman–Crippen MR) is 135 cm³/mol. The molecule has 2 heteroatoms. The predicted octanol–water partition coefficient (Wildman–Crippen LogP) is 7.60. The molecular formula is C29H45NO. The van der Waals surface area contributed by atoms with Crippen LogP contribution in [-0.4, -0.2) is 29.6 Å². The summed E-state index contributed by atoms with van der Waals surface area (Å²) < 4.78 is 0. The average molecular weight is 424 g/mol. The monoisotopic (exact) mass is 423 g/mol. The van der Waals surface area contributed by atoms with Crippen LogP contribution in [0.2, 0.25) is 0 Å². The van der Waals surface area contributed by atoms with Crippen LogP contribution in [0.4, 0.5) is 0 Å². The van der Waals surface area contributed by atoms with Gasteiger partial charge in [0.25, 0.3) is 0 Å². The number of unbranched alkanes of at least 4 members (excludes halogenated alkanes) is 7. The maximum absolute atomic E-state index is 11.4. The number of rotatable bonds is 14. The molecule has 0 saturated heterocycles. The molecule has 0 radical (unpaired) electrons. The minimum absolute atomic E-state index is 0.404. The summed E-state index contributed by atoms with van der Waals surface area (Å²) in [4.78, 5) is 2.54. The van der Waals surface area contributed by atoms with Gasteiger partial charge in [0.15, 0.2) is 0 Å². The second-order valence-electron chi connectivity index (χ2n) is 9.65. The molecule has 1 aliphatic carbocycles. The van der Waals surface area contributed by atoms with Crippen LogP contribution in [0, 0.1) is 0 Å².